The predicted octanol–water partition coefficient (Wildman–Crippen LogP) is 3.15. The van der Waals surface area contributed by atoms with Gasteiger partial charge in [0.25, 0.3) is 0 Å². The molecule has 0 atom stereocenters. The number of nitrogens with zero attached hydrogens (tertiary/aromatic N) is 1. The van der Waals surface area contributed by atoms with Crippen LogP contribution in [0, 0.1) is 12.8 Å². The van der Waals surface area contributed by atoms with Crippen LogP contribution in [0.5, 0.6) is 0 Å². The number of benzene rings is 1. The molecule has 1 saturated carbocycles. The summed E-state index contributed by atoms with van der Waals surface area (Å²) in [5.41, 5.74) is 7.01. The Morgan fingerprint density at radius 1 is 1.40 bits per heavy atom. The first-order chi connectivity index (χ1) is 9.36. The van der Waals surface area contributed by atoms with Crippen LogP contribution in [0.1, 0.15) is 31.7 Å². The number of hydrogen-bond donors (Lipinski definition) is 1. The molecule has 2 rings (SSSR count). The first-order valence-electron chi connectivity index (χ1n) is 6.92. The molecule has 0 aromatic heterocycles. The third kappa shape index (κ3) is 3.02. The number of anilines is 1. The lowest BCUT2D eigenvalue weighted by Crippen LogP contribution is -2.37. The number of sulfonamides is 1. The van der Waals surface area contributed by atoms with Gasteiger partial charge in [0.05, 0.1) is 4.90 Å². The molecular weight excluding hydrogens is 340 g/mol. The molecule has 1 aliphatic carbocycles. The van der Waals surface area contributed by atoms with Crippen molar-refractivity contribution in [2.24, 2.45) is 5.92 Å². The standard InChI is InChI=1S/C14H21BrN2O2S/c1-3-17(9-11-5-4-6-11)20(18,19)14-8-13(16)12(15)7-10(14)2/h7-8,11H,3-6,9,16H2,1-2H3. The van der Waals surface area contributed by atoms with E-state index in [1.54, 1.807) is 23.4 Å². The quantitative estimate of drug-likeness (QED) is 0.820. The Labute approximate surface area is 129 Å². The van der Waals surface area contributed by atoms with E-state index in [1.165, 1.54) is 6.42 Å². The van der Waals surface area contributed by atoms with E-state index in [9.17, 15) is 8.42 Å². The monoisotopic (exact) mass is 360 g/mol. The predicted molar refractivity (Wildman–Crippen MR) is 85.1 cm³/mol. The topological polar surface area (TPSA) is 63.4 Å². The minimum Gasteiger partial charge on any atom is -0.398 e. The minimum atomic E-state index is -3.46. The van der Waals surface area contributed by atoms with Gasteiger partial charge in [0.1, 0.15) is 0 Å². The molecule has 0 saturated heterocycles. The third-order valence-corrected chi connectivity index (χ3v) is 6.72. The van der Waals surface area contributed by atoms with E-state index >= 15 is 0 Å². The van der Waals surface area contributed by atoms with Crippen LogP contribution in [0.2, 0.25) is 0 Å². The van der Waals surface area contributed by atoms with Crippen molar-refractivity contribution in [2.75, 3.05) is 18.8 Å². The van der Waals surface area contributed by atoms with Crippen molar-refractivity contribution >= 4 is 31.6 Å². The van der Waals surface area contributed by atoms with Crippen molar-refractivity contribution < 1.29 is 8.42 Å². The molecule has 20 heavy (non-hydrogen) atoms. The summed E-state index contributed by atoms with van der Waals surface area (Å²) in [4.78, 5) is 0.319. The van der Waals surface area contributed by atoms with E-state index in [1.807, 2.05) is 6.92 Å². The molecule has 1 aromatic carbocycles. The summed E-state index contributed by atoms with van der Waals surface area (Å²) in [6.45, 7) is 4.80. The summed E-state index contributed by atoms with van der Waals surface area (Å²) in [6.07, 6.45) is 3.48. The Morgan fingerprint density at radius 3 is 2.55 bits per heavy atom. The molecule has 6 heteroatoms. The van der Waals surface area contributed by atoms with Crippen molar-refractivity contribution in [3.05, 3.63) is 22.2 Å². The molecule has 0 heterocycles. The highest BCUT2D eigenvalue weighted by atomic mass is 79.9. The Hall–Kier alpha value is -0.590. The second-order valence-electron chi connectivity index (χ2n) is 5.39. The molecule has 1 fully saturated rings. The van der Waals surface area contributed by atoms with Gasteiger partial charge < -0.3 is 5.73 Å². The normalized spacial score (nSPS) is 16.4. The van der Waals surface area contributed by atoms with Crippen molar-refractivity contribution in [3.63, 3.8) is 0 Å². The number of aryl methyl sites for hydroxylation is 1. The zero-order valence-electron chi connectivity index (χ0n) is 11.9. The van der Waals surface area contributed by atoms with Gasteiger partial charge >= 0.3 is 0 Å². The molecule has 0 bridgehead atoms. The van der Waals surface area contributed by atoms with E-state index in [-0.39, 0.29) is 0 Å². The average Bonchev–Trinajstić information content (AvgIpc) is 2.32. The fraction of sp³-hybridized carbons (Fsp3) is 0.571. The molecule has 0 unspecified atom stereocenters. The Bertz CT molecular complexity index is 597. The Balaban J connectivity index is 2.34. The number of nitrogens with two attached hydrogens (primary N) is 1. The molecule has 1 aliphatic rings. The first-order valence-corrected chi connectivity index (χ1v) is 9.15. The summed E-state index contributed by atoms with van der Waals surface area (Å²) in [7, 11) is -3.46. The maximum absolute atomic E-state index is 12.8. The van der Waals surface area contributed by atoms with Crippen molar-refractivity contribution in [2.45, 2.75) is 38.0 Å². The van der Waals surface area contributed by atoms with Gasteiger partial charge in [-0.3, -0.25) is 0 Å². The van der Waals surface area contributed by atoms with Gasteiger partial charge in [-0.25, -0.2) is 8.42 Å². The van der Waals surface area contributed by atoms with Gasteiger partial charge in [-0.2, -0.15) is 4.31 Å². The highest BCUT2D eigenvalue weighted by Crippen LogP contribution is 2.32. The van der Waals surface area contributed by atoms with Gasteiger partial charge in [-0.05, 0) is 59.3 Å². The first kappa shape index (κ1) is 15.8. The van der Waals surface area contributed by atoms with Crippen LogP contribution in [0.15, 0.2) is 21.5 Å². The summed E-state index contributed by atoms with van der Waals surface area (Å²) < 4.78 is 27.9. The maximum atomic E-state index is 12.8. The molecule has 0 aliphatic heterocycles. The summed E-state index contributed by atoms with van der Waals surface area (Å²) in [6, 6.07) is 3.32. The molecule has 0 amide bonds. The fourth-order valence-electron chi connectivity index (χ4n) is 2.45. The third-order valence-electron chi connectivity index (χ3n) is 3.95. The average molecular weight is 361 g/mol. The van der Waals surface area contributed by atoms with Gasteiger partial charge in [-0.15, -0.1) is 0 Å². The molecule has 2 N–H and O–H groups in total. The minimum absolute atomic E-state index is 0.319. The number of rotatable bonds is 5. The van der Waals surface area contributed by atoms with E-state index in [4.69, 9.17) is 5.73 Å². The van der Waals surface area contributed by atoms with Crippen molar-refractivity contribution in [1.82, 2.24) is 4.31 Å². The zero-order chi connectivity index (χ0) is 14.9. The summed E-state index contributed by atoms with van der Waals surface area (Å²) in [5.74, 6) is 0.512. The lowest BCUT2D eigenvalue weighted by atomic mass is 9.85. The van der Waals surface area contributed by atoms with Crippen molar-refractivity contribution in [1.29, 1.82) is 0 Å². The zero-order valence-corrected chi connectivity index (χ0v) is 14.3. The van der Waals surface area contributed by atoms with Crippen LogP contribution < -0.4 is 5.73 Å². The largest absolute Gasteiger partial charge is 0.398 e. The number of nitrogen functional groups attached to an aromatic ring is 1. The van der Waals surface area contributed by atoms with Gasteiger partial charge in [0, 0.05) is 23.2 Å². The van der Waals surface area contributed by atoms with Crippen LogP contribution in [-0.2, 0) is 10.0 Å². The smallest absolute Gasteiger partial charge is 0.243 e. The fourth-order valence-corrected chi connectivity index (χ4v) is 4.67. The lowest BCUT2D eigenvalue weighted by Gasteiger charge is -2.31. The molecule has 112 valence electrons. The second-order valence-corrected chi connectivity index (χ2v) is 8.15. The molecule has 4 nitrogen and oxygen atoms in total. The van der Waals surface area contributed by atoms with E-state index in [0.717, 1.165) is 22.9 Å². The summed E-state index contributed by atoms with van der Waals surface area (Å²) in [5, 5.41) is 0. The van der Waals surface area contributed by atoms with Crippen LogP contribution in [0.4, 0.5) is 5.69 Å². The number of hydrogen-bond acceptors (Lipinski definition) is 3. The van der Waals surface area contributed by atoms with Crippen LogP contribution in [0.3, 0.4) is 0 Å². The van der Waals surface area contributed by atoms with Gasteiger partial charge in [-0.1, -0.05) is 13.3 Å². The SMILES string of the molecule is CCN(CC1CCC1)S(=O)(=O)c1cc(N)c(Br)cc1C. The number of halogens is 1. The lowest BCUT2D eigenvalue weighted by molar-refractivity contribution is 0.250. The van der Waals surface area contributed by atoms with Crippen LogP contribution in [0.25, 0.3) is 0 Å². The highest BCUT2D eigenvalue weighted by molar-refractivity contribution is 9.10. The van der Waals surface area contributed by atoms with Gasteiger partial charge in [0.2, 0.25) is 10.0 Å². The Morgan fingerprint density at radius 2 is 2.05 bits per heavy atom. The van der Waals surface area contributed by atoms with Gasteiger partial charge in [0.15, 0.2) is 0 Å². The molecule has 1 aromatic rings. The van der Waals surface area contributed by atoms with Crippen LogP contribution in [-0.4, -0.2) is 25.8 Å². The highest BCUT2D eigenvalue weighted by Gasteiger charge is 2.29. The maximum Gasteiger partial charge on any atom is 0.243 e. The summed E-state index contributed by atoms with van der Waals surface area (Å²) >= 11 is 3.33. The molecule has 0 radical (unpaired) electrons. The van der Waals surface area contributed by atoms with Crippen molar-refractivity contribution in [3.8, 4) is 0 Å². The van der Waals surface area contributed by atoms with Crippen LogP contribution >= 0.6 is 15.9 Å². The molecule has 0 spiro atoms. The second kappa shape index (κ2) is 6.03. The van der Waals surface area contributed by atoms with E-state index < -0.39 is 10.0 Å². The van der Waals surface area contributed by atoms with E-state index in [0.29, 0.717) is 29.6 Å². The van der Waals surface area contributed by atoms with E-state index in [2.05, 4.69) is 15.9 Å². The Kier molecular flexibility index (Phi) is 4.76. The molecular formula is C14H21BrN2O2S.